The fourth-order valence-corrected chi connectivity index (χ4v) is 1.66. The lowest BCUT2D eigenvalue weighted by Crippen LogP contribution is -2.43. The highest BCUT2D eigenvalue weighted by Crippen LogP contribution is 2.22. The number of amides is 1. The maximum Gasteiger partial charge on any atom is 0.292 e. The molecule has 7 N–H and O–H groups in total. The molecule has 0 bridgehead atoms. The van der Waals surface area contributed by atoms with Crippen LogP contribution < -0.4 is 5.73 Å². The number of methoxy groups -OCH3 is 1. The fourth-order valence-electron chi connectivity index (χ4n) is 1.66. The molecular weight excluding hydrogens is 314 g/mol. The van der Waals surface area contributed by atoms with Gasteiger partial charge in [0.25, 0.3) is 6.47 Å². The van der Waals surface area contributed by atoms with Gasteiger partial charge in [-0.1, -0.05) is 0 Å². The molecule has 1 rings (SSSR count). The zero-order valence-electron chi connectivity index (χ0n) is 13.2. The van der Waals surface area contributed by atoms with Crippen molar-refractivity contribution < 1.29 is 44.6 Å². The molecule has 0 aromatic carbocycles. The minimum absolute atomic E-state index is 0.0411. The maximum atomic E-state index is 9.59. The lowest BCUT2D eigenvalue weighted by molar-refractivity contribution is -0.215. The molecule has 10 nitrogen and oxygen atoms in total. The minimum Gasteiger partial charge on any atom is -0.471 e. The van der Waals surface area contributed by atoms with Crippen LogP contribution in [0.2, 0.25) is 0 Å². The summed E-state index contributed by atoms with van der Waals surface area (Å²) in [6.07, 6.45) is -4.20. The van der Waals surface area contributed by atoms with Crippen LogP contribution in [0.15, 0.2) is 0 Å². The van der Waals surface area contributed by atoms with Gasteiger partial charge in [-0.3, -0.25) is 9.59 Å². The van der Waals surface area contributed by atoms with Crippen LogP contribution >= 0.6 is 0 Å². The molecule has 0 saturated carbocycles. The number of aliphatic hydroxyl groups is 5. The number of carbonyl (C=O) groups excluding carboxylic acids is 2. The van der Waals surface area contributed by atoms with Gasteiger partial charge in [0.2, 0.25) is 5.91 Å². The van der Waals surface area contributed by atoms with Gasteiger partial charge in [-0.25, -0.2) is 0 Å². The number of carbonyl (C=O) groups is 2. The molecule has 10 heteroatoms. The Morgan fingerprint density at radius 3 is 2.22 bits per heavy atom. The molecule has 1 aliphatic rings. The van der Waals surface area contributed by atoms with Crippen molar-refractivity contribution in [2.24, 2.45) is 5.73 Å². The first-order valence-corrected chi connectivity index (χ1v) is 6.88. The normalized spacial score (nSPS) is 25.6. The third-order valence-electron chi connectivity index (χ3n) is 2.56. The average Bonchev–Trinajstić information content (AvgIpc) is 2.45. The number of ether oxygens (including phenoxy) is 2. The molecule has 1 fully saturated rings. The number of rotatable bonds is 5. The van der Waals surface area contributed by atoms with Crippen molar-refractivity contribution in [3.63, 3.8) is 0 Å². The van der Waals surface area contributed by atoms with Gasteiger partial charge in [0.05, 0.1) is 38.1 Å². The van der Waals surface area contributed by atoms with Crippen molar-refractivity contribution >= 4 is 12.4 Å². The van der Waals surface area contributed by atoms with Crippen LogP contribution in [0.25, 0.3) is 0 Å². The van der Waals surface area contributed by atoms with E-state index in [1.807, 2.05) is 0 Å². The van der Waals surface area contributed by atoms with E-state index in [0.717, 1.165) is 0 Å². The van der Waals surface area contributed by atoms with E-state index in [2.05, 4.69) is 10.5 Å². The van der Waals surface area contributed by atoms with E-state index in [1.54, 1.807) is 0 Å². The molecule has 1 amide bonds. The quantitative estimate of drug-likeness (QED) is 0.288. The summed E-state index contributed by atoms with van der Waals surface area (Å²) in [5, 5.41) is 45.8. The Hall–Kier alpha value is -1.30. The third kappa shape index (κ3) is 15.4. The summed E-state index contributed by atoms with van der Waals surface area (Å²) >= 11 is 0. The molecule has 0 radical (unpaired) electrons. The van der Waals surface area contributed by atoms with E-state index in [9.17, 15) is 20.1 Å². The largest absolute Gasteiger partial charge is 0.471 e. The smallest absolute Gasteiger partial charge is 0.292 e. The van der Waals surface area contributed by atoms with E-state index >= 15 is 0 Å². The van der Waals surface area contributed by atoms with Gasteiger partial charge >= 0.3 is 0 Å². The van der Waals surface area contributed by atoms with E-state index in [1.165, 1.54) is 14.0 Å². The van der Waals surface area contributed by atoms with Gasteiger partial charge in [0.15, 0.2) is 6.29 Å². The van der Waals surface area contributed by atoms with Gasteiger partial charge in [-0.15, -0.1) is 0 Å². The molecule has 5 atom stereocenters. The van der Waals surface area contributed by atoms with Gasteiger partial charge in [-0.2, -0.15) is 0 Å². The summed E-state index contributed by atoms with van der Waals surface area (Å²) in [6, 6.07) is 0. The second kappa shape index (κ2) is 14.3. The second-order valence-electron chi connectivity index (χ2n) is 4.84. The Morgan fingerprint density at radius 2 is 1.87 bits per heavy atom. The van der Waals surface area contributed by atoms with Crippen molar-refractivity contribution in [2.45, 2.75) is 56.9 Å². The van der Waals surface area contributed by atoms with E-state index < -0.39 is 37.3 Å². The van der Waals surface area contributed by atoms with Crippen molar-refractivity contribution in [1.82, 2.24) is 0 Å². The molecule has 1 aliphatic heterocycles. The van der Waals surface area contributed by atoms with Crippen LogP contribution in [0.1, 0.15) is 26.2 Å². The van der Waals surface area contributed by atoms with Crippen LogP contribution in [-0.2, 0) is 19.1 Å². The summed E-state index contributed by atoms with van der Waals surface area (Å²) in [4.78, 5) is 18.2. The zero-order chi connectivity index (χ0) is 18.4. The Kier molecular flexibility index (Phi) is 14.9. The molecule has 0 spiro atoms. The van der Waals surface area contributed by atoms with Gasteiger partial charge < -0.3 is 40.7 Å². The van der Waals surface area contributed by atoms with Gasteiger partial charge in [-0.05, 0) is 0 Å². The summed E-state index contributed by atoms with van der Waals surface area (Å²) in [5.41, 5.74) is 4.47. The number of aliphatic hydroxyl groups excluding tert-OH is 5. The van der Waals surface area contributed by atoms with Crippen LogP contribution in [0.5, 0.6) is 0 Å². The maximum absolute atomic E-state index is 9.59. The highest BCUT2D eigenvalue weighted by Gasteiger charge is 2.32. The molecule has 0 aromatic heterocycles. The SMILES string of the molecule is CC(N)=O.COC=O.OCC(O)CC(O)C1CC(O)CC(O)O1. The van der Waals surface area contributed by atoms with Crippen LogP contribution in [0.4, 0.5) is 0 Å². The highest BCUT2D eigenvalue weighted by molar-refractivity contribution is 5.70. The molecule has 0 aliphatic carbocycles. The van der Waals surface area contributed by atoms with Crippen molar-refractivity contribution in [2.75, 3.05) is 13.7 Å². The Bertz CT molecular complexity index is 302. The molecule has 0 aromatic rings. The summed E-state index contributed by atoms with van der Waals surface area (Å²) in [7, 11) is 1.31. The first-order valence-electron chi connectivity index (χ1n) is 6.88. The second-order valence-corrected chi connectivity index (χ2v) is 4.84. The Balaban J connectivity index is 0. The van der Waals surface area contributed by atoms with E-state index in [-0.39, 0.29) is 25.2 Å². The molecular formula is C13H27NO9. The highest BCUT2D eigenvalue weighted by atomic mass is 16.6. The summed E-state index contributed by atoms with van der Waals surface area (Å²) < 4.78 is 8.88. The number of nitrogens with two attached hydrogens (primary N) is 1. The predicted octanol–water partition coefficient (Wildman–Crippen LogP) is -2.77. The first-order chi connectivity index (χ1) is 10.7. The van der Waals surface area contributed by atoms with Gasteiger partial charge in [0, 0.05) is 26.2 Å². The Labute approximate surface area is 134 Å². The predicted molar refractivity (Wildman–Crippen MR) is 77.8 cm³/mol. The minimum atomic E-state index is -1.08. The number of hydrogen-bond donors (Lipinski definition) is 6. The lowest BCUT2D eigenvalue weighted by atomic mass is 9.97. The number of primary amides is 1. The Morgan fingerprint density at radius 1 is 1.39 bits per heavy atom. The number of hydrogen-bond acceptors (Lipinski definition) is 9. The van der Waals surface area contributed by atoms with E-state index in [0.29, 0.717) is 6.47 Å². The van der Waals surface area contributed by atoms with Gasteiger partial charge in [0.1, 0.15) is 0 Å². The van der Waals surface area contributed by atoms with Crippen LogP contribution in [0.3, 0.4) is 0 Å². The third-order valence-corrected chi connectivity index (χ3v) is 2.56. The van der Waals surface area contributed by atoms with Crippen LogP contribution in [-0.4, -0.2) is 82.3 Å². The fraction of sp³-hybridized carbons (Fsp3) is 0.846. The summed E-state index contributed by atoms with van der Waals surface area (Å²) in [5.74, 6) is -0.333. The van der Waals surface area contributed by atoms with Crippen molar-refractivity contribution in [1.29, 1.82) is 0 Å². The lowest BCUT2D eigenvalue weighted by Gasteiger charge is -2.33. The molecule has 1 saturated heterocycles. The van der Waals surface area contributed by atoms with Crippen molar-refractivity contribution in [3.8, 4) is 0 Å². The summed E-state index contributed by atoms with van der Waals surface area (Å²) in [6.45, 7) is 1.24. The zero-order valence-corrected chi connectivity index (χ0v) is 13.2. The van der Waals surface area contributed by atoms with E-state index in [4.69, 9.17) is 19.7 Å². The monoisotopic (exact) mass is 341 g/mol. The first kappa shape index (κ1) is 24.0. The van der Waals surface area contributed by atoms with Crippen molar-refractivity contribution in [3.05, 3.63) is 0 Å². The standard InChI is InChI=1S/C9H18O6.C2H5NO.C2H4O2/c10-4-6(12)1-7(13)8-2-5(11)3-9(14)15-8;1-2(3)4;1-4-2-3/h5-14H,1-4H2;1H3,(H2,3,4);2H,1H3. The average molecular weight is 341 g/mol. The molecule has 138 valence electrons. The van der Waals surface area contributed by atoms with Crippen LogP contribution in [0, 0.1) is 0 Å². The molecule has 23 heavy (non-hydrogen) atoms. The molecule has 1 heterocycles. The topological polar surface area (TPSA) is 180 Å². The molecule has 5 unspecified atom stereocenters.